The lowest BCUT2D eigenvalue weighted by Gasteiger charge is -2.10. The van der Waals surface area contributed by atoms with Crippen molar-refractivity contribution in [2.24, 2.45) is 0 Å². The number of halogens is 1. The van der Waals surface area contributed by atoms with Crippen LogP contribution in [0.3, 0.4) is 0 Å². The minimum atomic E-state index is 0.439. The van der Waals surface area contributed by atoms with Crippen LogP contribution in [0.2, 0.25) is 5.02 Å². The molecule has 3 aromatic rings. The van der Waals surface area contributed by atoms with Crippen molar-refractivity contribution in [1.29, 1.82) is 0 Å². The highest BCUT2D eigenvalue weighted by atomic mass is 35.5. The first-order valence-electron chi connectivity index (χ1n) is 7.10. The van der Waals surface area contributed by atoms with Gasteiger partial charge in [0.05, 0.1) is 12.1 Å². The average molecular weight is 331 g/mol. The molecule has 0 saturated carbocycles. The Labute approximate surface area is 138 Å². The van der Waals surface area contributed by atoms with Crippen molar-refractivity contribution in [1.82, 2.24) is 15.1 Å². The first kappa shape index (κ1) is 15.3. The highest BCUT2D eigenvalue weighted by molar-refractivity contribution is 6.30. The van der Waals surface area contributed by atoms with E-state index in [-0.39, 0.29) is 0 Å². The molecule has 0 bridgehead atoms. The van der Waals surface area contributed by atoms with Crippen LogP contribution in [0.25, 0.3) is 11.5 Å². The van der Waals surface area contributed by atoms with Gasteiger partial charge >= 0.3 is 0 Å². The lowest BCUT2D eigenvalue weighted by atomic mass is 10.2. The second-order valence-electron chi connectivity index (χ2n) is 4.78. The van der Waals surface area contributed by atoms with Gasteiger partial charge in [0.25, 0.3) is 5.89 Å². The van der Waals surface area contributed by atoms with Crippen LogP contribution in [0.5, 0.6) is 5.75 Å². The molecule has 0 unspecified atom stereocenters. The van der Waals surface area contributed by atoms with Crippen LogP contribution in [0, 0.1) is 6.92 Å². The van der Waals surface area contributed by atoms with Gasteiger partial charge in [-0.25, -0.2) is 4.98 Å². The summed E-state index contributed by atoms with van der Waals surface area (Å²) < 4.78 is 10.8. The van der Waals surface area contributed by atoms with Crippen molar-refractivity contribution in [2.75, 3.05) is 18.5 Å². The van der Waals surface area contributed by atoms with Gasteiger partial charge in [0.1, 0.15) is 18.2 Å². The molecule has 7 heteroatoms. The second kappa shape index (κ2) is 7.11. The number of aromatic nitrogens is 3. The highest BCUT2D eigenvalue weighted by Gasteiger charge is 2.12. The summed E-state index contributed by atoms with van der Waals surface area (Å²) in [5.74, 6) is 2.42. The lowest BCUT2D eigenvalue weighted by Crippen LogP contribution is -2.13. The Balaban J connectivity index is 1.60. The SMILES string of the molecule is Cc1noc(-c2cccnc2NCCOc2cccc(Cl)c2)n1. The van der Waals surface area contributed by atoms with E-state index in [4.69, 9.17) is 20.9 Å². The van der Waals surface area contributed by atoms with Crippen molar-refractivity contribution in [3.63, 3.8) is 0 Å². The summed E-state index contributed by atoms with van der Waals surface area (Å²) in [5.41, 5.74) is 0.760. The van der Waals surface area contributed by atoms with Crippen LogP contribution in [-0.4, -0.2) is 28.3 Å². The van der Waals surface area contributed by atoms with E-state index in [1.165, 1.54) is 0 Å². The van der Waals surface area contributed by atoms with Gasteiger partial charge in [-0.15, -0.1) is 0 Å². The molecule has 23 heavy (non-hydrogen) atoms. The molecule has 0 saturated heterocycles. The van der Waals surface area contributed by atoms with Gasteiger partial charge in [0.2, 0.25) is 0 Å². The molecule has 0 atom stereocenters. The third-order valence-electron chi connectivity index (χ3n) is 3.03. The number of anilines is 1. The number of hydrogen-bond acceptors (Lipinski definition) is 6. The summed E-state index contributed by atoms with van der Waals surface area (Å²) in [5, 5.41) is 7.66. The fourth-order valence-electron chi connectivity index (χ4n) is 2.02. The van der Waals surface area contributed by atoms with E-state index in [9.17, 15) is 0 Å². The predicted molar refractivity (Wildman–Crippen MR) is 87.7 cm³/mol. The van der Waals surface area contributed by atoms with E-state index in [1.807, 2.05) is 24.3 Å². The molecular formula is C16H15ClN4O2. The van der Waals surface area contributed by atoms with Crippen molar-refractivity contribution >= 4 is 17.4 Å². The maximum Gasteiger partial charge on any atom is 0.261 e. The Hall–Kier alpha value is -2.60. The van der Waals surface area contributed by atoms with Crippen LogP contribution in [-0.2, 0) is 0 Å². The van der Waals surface area contributed by atoms with Gasteiger partial charge in [-0.05, 0) is 37.3 Å². The molecule has 2 aromatic heterocycles. The Kier molecular flexibility index (Phi) is 4.73. The van der Waals surface area contributed by atoms with Crippen molar-refractivity contribution < 1.29 is 9.26 Å². The van der Waals surface area contributed by atoms with Gasteiger partial charge in [-0.1, -0.05) is 22.8 Å². The molecule has 118 valence electrons. The summed E-state index contributed by atoms with van der Waals surface area (Å²) in [6, 6.07) is 11.0. The first-order valence-corrected chi connectivity index (χ1v) is 7.48. The molecule has 0 amide bonds. The largest absolute Gasteiger partial charge is 0.492 e. The van der Waals surface area contributed by atoms with Gasteiger partial charge < -0.3 is 14.6 Å². The molecule has 6 nitrogen and oxygen atoms in total. The second-order valence-corrected chi connectivity index (χ2v) is 5.22. The zero-order valence-electron chi connectivity index (χ0n) is 12.5. The Bertz CT molecular complexity index is 791. The number of aryl methyl sites for hydroxylation is 1. The van der Waals surface area contributed by atoms with Gasteiger partial charge in [0.15, 0.2) is 5.82 Å². The fraction of sp³-hybridized carbons (Fsp3) is 0.188. The topological polar surface area (TPSA) is 73.1 Å². The minimum absolute atomic E-state index is 0.439. The summed E-state index contributed by atoms with van der Waals surface area (Å²) >= 11 is 5.92. The zero-order chi connectivity index (χ0) is 16.1. The number of hydrogen-bond donors (Lipinski definition) is 1. The molecule has 1 N–H and O–H groups in total. The van der Waals surface area contributed by atoms with Crippen molar-refractivity contribution in [3.8, 4) is 17.2 Å². The normalized spacial score (nSPS) is 10.5. The molecule has 0 radical (unpaired) electrons. The highest BCUT2D eigenvalue weighted by Crippen LogP contribution is 2.24. The number of rotatable bonds is 6. The van der Waals surface area contributed by atoms with Crippen molar-refractivity contribution in [2.45, 2.75) is 6.92 Å². The molecule has 1 aromatic carbocycles. The Morgan fingerprint density at radius 3 is 2.96 bits per heavy atom. The molecular weight excluding hydrogens is 316 g/mol. The first-order chi connectivity index (χ1) is 11.2. The minimum Gasteiger partial charge on any atom is -0.492 e. The van der Waals surface area contributed by atoms with Crippen LogP contribution in [0.1, 0.15) is 5.82 Å². The van der Waals surface area contributed by atoms with Gasteiger partial charge in [-0.2, -0.15) is 4.98 Å². The number of benzene rings is 1. The van der Waals surface area contributed by atoms with Gasteiger partial charge in [-0.3, -0.25) is 0 Å². The van der Waals surface area contributed by atoms with Crippen molar-refractivity contribution in [3.05, 3.63) is 53.4 Å². The molecule has 0 aliphatic rings. The van der Waals surface area contributed by atoms with E-state index in [0.717, 1.165) is 11.3 Å². The number of ether oxygens (including phenoxy) is 1. The van der Waals surface area contributed by atoms with E-state index < -0.39 is 0 Å². The standard InChI is InChI=1S/C16H15ClN4O2/c1-11-20-16(23-21-11)14-6-3-7-18-15(14)19-8-9-22-13-5-2-4-12(17)10-13/h2-7,10H,8-9H2,1H3,(H,18,19). The monoisotopic (exact) mass is 330 g/mol. The maximum absolute atomic E-state index is 5.92. The fourth-order valence-corrected chi connectivity index (χ4v) is 2.20. The number of nitrogens with one attached hydrogen (secondary N) is 1. The molecule has 0 aliphatic heterocycles. The number of nitrogens with zero attached hydrogens (tertiary/aromatic N) is 3. The Morgan fingerprint density at radius 1 is 1.26 bits per heavy atom. The molecule has 0 spiro atoms. The van der Waals surface area contributed by atoms with Gasteiger partial charge in [0, 0.05) is 11.2 Å². The molecule has 0 aliphatic carbocycles. The Morgan fingerprint density at radius 2 is 2.17 bits per heavy atom. The summed E-state index contributed by atoms with van der Waals surface area (Å²) in [6.45, 7) is 2.82. The van der Waals surface area contributed by atoms with E-state index in [2.05, 4.69) is 20.4 Å². The van der Waals surface area contributed by atoms with E-state index in [1.54, 1.807) is 25.3 Å². The van der Waals surface area contributed by atoms with E-state index in [0.29, 0.717) is 35.7 Å². The van der Waals surface area contributed by atoms with Crippen LogP contribution in [0.4, 0.5) is 5.82 Å². The lowest BCUT2D eigenvalue weighted by molar-refractivity contribution is 0.333. The summed E-state index contributed by atoms with van der Waals surface area (Å²) in [6.07, 6.45) is 1.70. The summed E-state index contributed by atoms with van der Waals surface area (Å²) in [7, 11) is 0. The smallest absolute Gasteiger partial charge is 0.261 e. The third-order valence-corrected chi connectivity index (χ3v) is 3.26. The van der Waals surface area contributed by atoms with Crippen LogP contribution in [0.15, 0.2) is 47.1 Å². The molecule has 3 rings (SSSR count). The summed E-state index contributed by atoms with van der Waals surface area (Å²) in [4.78, 5) is 8.53. The number of pyridine rings is 1. The molecule has 0 fully saturated rings. The van der Waals surface area contributed by atoms with Crippen LogP contribution < -0.4 is 10.1 Å². The maximum atomic E-state index is 5.92. The predicted octanol–water partition coefficient (Wildman–Crippen LogP) is 3.58. The van der Waals surface area contributed by atoms with E-state index >= 15 is 0 Å². The van der Waals surface area contributed by atoms with Crippen LogP contribution >= 0.6 is 11.6 Å². The average Bonchev–Trinajstić information content (AvgIpc) is 2.98. The zero-order valence-corrected chi connectivity index (χ0v) is 13.2. The third kappa shape index (κ3) is 3.98. The quantitative estimate of drug-likeness (QED) is 0.696. The molecule has 2 heterocycles.